The summed E-state index contributed by atoms with van der Waals surface area (Å²) in [5.74, 6) is 0.806. The highest BCUT2D eigenvalue weighted by atomic mass is 32.1. The van der Waals surface area contributed by atoms with Crippen molar-refractivity contribution in [1.29, 1.82) is 0 Å². The van der Waals surface area contributed by atoms with E-state index in [4.69, 9.17) is 12.2 Å². The zero-order valence-electron chi connectivity index (χ0n) is 17.4. The van der Waals surface area contributed by atoms with Crippen molar-refractivity contribution in [1.82, 2.24) is 29.5 Å². The number of H-pyrrole nitrogens is 1. The average Bonchev–Trinajstić information content (AvgIpc) is 3.44. The Morgan fingerprint density at radius 1 is 1.10 bits per heavy atom. The van der Waals surface area contributed by atoms with Crippen LogP contribution in [0.2, 0.25) is 0 Å². The zero-order valence-corrected chi connectivity index (χ0v) is 18.2. The third-order valence-electron chi connectivity index (χ3n) is 5.54. The van der Waals surface area contributed by atoms with Gasteiger partial charge < -0.3 is 4.90 Å². The molecular weight excluding hydrogens is 394 g/mol. The van der Waals surface area contributed by atoms with Crippen molar-refractivity contribution >= 4 is 12.2 Å². The topological polar surface area (TPSA) is 68.8 Å². The fraction of sp³-hybridized carbons (Fsp3) is 0.273. The molecule has 154 valence electrons. The normalized spacial score (nSPS) is 13.3. The van der Waals surface area contributed by atoms with Gasteiger partial charge in [0.2, 0.25) is 4.77 Å². The largest absolute Gasteiger partial charge is 0.313 e. The van der Waals surface area contributed by atoms with Crippen LogP contribution in [0.3, 0.4) is 0 Å². The Kier molecular flexibility index (Phi) is 5.87. The van der Waals surface area contributed by atoms with Gasteiger partial charge in [0, 0.05) is 11.1 Å². The van der Waals surface area contributed by atoms with Crippen LogP contribution in [-0.2, 0) is 13.1 Å². The lowest BCUT2D eigenvalue weighted by molar-refractivity contribution is -0.933. The summed E-state index contributed by atoms with van der Waals surface area (Å²) in [7, 11) is 2.16. The molecule has 0 aliphatic carbocycles. The fourth-order valence-corrected chi connectivity index (χ4v) is 3.62. The highest BCUT2D eigenvalue weighted by Crippen LogP contribution is 2.16. The molecule has 2 atom stereocenters. The number of aryl methyl sites for hydroxylation is 1. The van der Waals surface area contributed by atoms with Gasteiger partial charge in [0.25, 0.3) is 0 Å². The molecule has 4 aromatic rings. The van der Waals surface area contributed by atoms with Gasteiger partial charge in [-0.15, -0.1) is 0 Å². The van der Waals surface area contributed by atoms with Gasteiger partial charge in [-0.2, -0.15) is 10.1 Å². The Labute approximate surface area is 181 Å². The van der Waals surface area contributed by atoms with E-state index in [1.807, 2.05) is 4.68 Å². The predicted octanol–water partition coefficient (Wildman–Crippen LogP) is 2.98. The lowest BCUT2D eigenvalue weighted by Gasteiger charge is -2.22. The molecule has 4 rings (SSSR count). The van der Waals surface area contributed by atoms with Gasteiger partial charge in [-0.3, -0.25) is 5.10 Å². The lowest BCUT2D eigenvalue weighted by atomic mass is 10.1. The summed E-state index contributed by atoms with van der Waals surface area (Å²) >= 11 is 5.50. The van der Waals surface area contributed by atoms with Gasteiger partial charge in [0.05, 0.1) is 12.7 Å². The summed E-state index contributed by atoms with van der Waals surface area (Å²) in [5, 5.41) is 7.54. The second kappa shape index (κ2) is 8.73. The SMILES string of the molecule is CCc1ccc(-c2nc(=S)n(C[NH+](C)[C@@H](C)c3ccc(-n4cncn4)cc3)[nH]2)cc1. The Morgan fingerprint density at radius 3 is 2.47 bits per heavy atom. The molecule has 2 aromatic carbocycles. The van der Waals surface area contributed by atoms with E-state index >= 15 is 0 Å². The third-order valence-corrected chi connectivity index (χ3v) is 5.85. The summed E-state index contributed by atoms with van der Waals surface area (Å²) in [4.78, 5) is 9.85. The minimum atomic E-state index is 0.285. The van der Waals surface area contributed by atoms with Crippen LogP contribution < -0.4 is 4.90 Å². The lowest BCUT2D eigenvalue weighted by Crippen LogP contribution is -3.08. The number of quaternary nitrogens is 1. The van der Waals surface area contributed by atoms with E-state index in [1.54, 1.807) is 11.0 Å². The maximum absolute atomic E-state index is 5.50. The average molecular weight is 421 g/mol. The summed E-state index contributed by atoms with van der Waals surface area (Å²) in [6, 6.07) is 17.1. The third kappa shape index (κ3) is 4.24. The van der Waals surface area contributed by atoms with Crippen LogP contribution in [0.25, 0.3) is 17.1 Å². The highest BCUT2D eigenvalue weighted by Gasteiger charge is 2.17. The number of aromatic amines is 1. The smallest absolute Gasteiger partial charge is 0.221 e. The first-order valence-electron chi connectivity index (χ1n) is 10.1. The molecule has 0 bridgehead atoms. The number of nitrogens with zero attached hydrogens (tertiary/aromatic N) is 5. The molecule has 0 saturated carbocycles. The molecule has 2 aromatic heterocycles. The summed E-state index contributed by atoms with van der Waals surface area (Å²) < 4.78 is 4.26. The number of aromatic nitrogens is 6. The van der Waals surface area contributed by atoms with Crippen LogP contribution >= 0.6 is 12.2 Å². The first-order chi connectivity index (χ1) is 14.5. The molecule has 0 aliphatic rings. The van der Waals surface area contributed by atoms with E-state index < -0.39 is 0 Å². The van der Waals surface area contributed by atoms with E-state index in [0.717, 1.165) is 23.5 Å². The highest BCUT2D eigenvalue weighted by molar-refractivity contribution is 7.71. The van der Waals surface area contributed by atoms with E-state index in [-0.39, 0.29) is 6.04 Å². The second-order valence-electron chi connectivity index (χ2n) is 7.49. The molecule has 0 saturated heterocycles. The second-order valence-corrected chi connectivity index (χ2v) is 7.86. The number of benzene rings is 2. The standard InChI is InChI=1S/C22H25N7S/c1-4-17-5-7-19(8-6-17)21-25-22(30)29(26-21)15-27(3)16(2)18-9-11-20(12-10-18)28-14-23-13-24-28/h5-14,16H,4,15H2,1-3H3,(H,25,26,30)/p+1/t16-/m0/s1. The van der Waals surface area contributed by atoms with Crippen molar-refractivity contribution in [3.05, 3.63) is 77.1 Å². The minimum Gasteiger partial charge on any atom is -0.313 e. The van der Waals surface area contributed by atoms with Gasteiger partial charge in [-0.25, -0.2) is 14.3 Å². The number of nitrogens with one attached hydrogen (secondary N) is 2. The number of hydrogen-bond donors (Lipinski definition) is 2. The molecule has 0 aliphatic heterocycles. The van der Waals surface area contributed by atoms with Crippen molar-refractivity contribution in [2.75, 3.05) is 7.05 Å². The van der Waals surface area contributed by atoms with Crippen molar-refractivity contribution in [3.8, 4) is 17.1 Å². The molecule has 7 nitrogen and oxygen atoms in total. The first-order valence-corrected chi connectivity index (χ1v) is 10.5. The van der Waals surface area contributed by atoms with Gasteiger partial charge in [-0.1, -0.05) is 43.3 Å². The Balaban J connectivity index is 1.47. The van der Waals surface area contributed by atoms with Gasteiger partial charge in [0.15, 0.2) is 12.5 Å². The van der Waals surface area contributed by atoms with Gasteiger partial charge in [0.1, 0.15) is 18.7 Å². The predicted molar refractivity (Wildman–Crippen MR) is 119 cm³/mol. The van der Waals surface area contributed by atoms with Crippen molar-refractivity contribution < 1.29 is 4.90 Å². The van der Waals surface area contributed by atoms with Crippen molar-refractivity contribution in [2.45, 2.75) is 33.0 Å². The first kappa shape index (κ1) is 20.2. The molecule has 2 N–H and O–H groups in total. The molecule has 0 radical (unpaired) electrons. The van der Waals surface area contributed by atoms with Crippen LogP contribution in [0.4, 0.5) is 0 Å². The van der Waals surface area contributed by atoms with E-state index in [9.17, 15) is 0 Å². The van der Waals surface area contributed by atoms with Crippen LogP contribution in [0.1, 0.15) is 31.0 Å². The summed E-state index contributed by atoms with van der Waals surface area (Å²) in [5.41, 5.74) is 4.60. The van der Waals surface area contributed by atoms with E-state index in [2.05, 4.69) is 89.6 Å². The monoisotopic (exact) mass is 420 g/mol. The Morgan fingerprint density at radius 2 is 1.83 bits per heavy atom. The maximum Gasteiger partial charge on any atom is 0.221 e. The van der Waals surface area contributed by atoms with E-state index in [1.165, 1.54) is 22.4 Å². The van der Waals surface area contributed by atoms with Crippen LogP contribution in [-0.4, -0.2) is 36.6 Å². The molecule has 0 amide bonds. The number of hydrogen-bond acceptors (Lipinski definition) is 4. The Bertz CT molecular complexity index is 1140. The van der Waals surface area contributed by atoms with E-state index in [0.29, 0.717) is 11.4 Å². The molecule has 30 heavy (non-hydrogen) atoms. The Hall–Kier alpha value is -3.10. The number of rotatable bonds is 7. The summed E-state index contributed by atoms with van der Waals surface area (Å²) in [6.07, 6.45) is 4.26. The van der Waals surface area contributed by atoms with Crippen LogP contribution in [0.15, 0.2) is 61.2 Å². The van der Waals surface area contributed by atoms with Crippen LogP contribution in [0.5, 0.6) is 0 Å². The molecule has 0 spiro atoms. The zero-order chi connectivity index (χ0) is 21.1. The fourth-order valence-electron chi connectivity index (χ4n) is 3.42. The van der Waals surface area contributed by atoms with Gasteiger partial charge >= 0.3 is 0 Å². The van der Waals surface area contributed by atoms with Crippen molar-refractivity contribution in [3.63, 3.8) is 0 Å². The quantitative estimate of drug-likeness (QED) is 0.451. The van der Waals surface area contributed by atoms with Crippen LogP contribution in [0, 0.1) is 4.77 Å². The maximum atomic E-state index is 5.50. The molecule has 2 heterocycles. The molecule has 8 heteroatoms. The molecule has 1 unspecified atom stereocenters. The minimum absolute atomic E-state index is 0.285. The van der Waals surface area contributed by atoms with Gasteiger partial charge in [-0.05, 0) is 43.3 Å². The molecule has 0 fully saturated rings. The van der Waals surface area contributed by atoms with Crippen molar-refractivity contribution in [2.24, 2.45) is 0 Å². The molecular formula is C22H26N7S+. The summed E-state index contributed by atoms with van der Waals surface area (Å²) in [6.45, 7) is 5.06.